The Hall–Kier alpha value is -3.22. The van der Waals surface area contributed by atoms with Gasteiger partial charge in [-0.05, 0) is 48.6 Å². The van der Waals surface area contributed by atoms with Gasteiger partial charge in [-0.1, -0.05) is 12.1 Å². The van der Waals surface area contributed by atoms with Gasteiger partial charge in [-0.2, -0.15) is 0 Å². The van der Waals surface area contributed by atoms with Crippen molar-refractivity contribution in [2.75, 3.05) is 16.8 Å². The molecule has 0 atom stereocenters. The molecule has 7 heteroatoms. The van der Waals surface area contributed by atoms with E-state index in [0.717, 1.165) is 36.2 Å². The Morgan fingerprint density at radius 1 is 1.12 bits per heavy atom. The van der Waals surface area contributed by atoms with Gasteiger partial charge in [-0.3, -0.25) is 19.7 Å². The number of hydrogen-bond acceptors (Lipinski definition) is 4. The van der Waals surface area contributed by atoms with Crippen LogP contribution in [0, 0.1) is 10.1 Å². The minimum absolute atomic E-state index is 0.0284. The monoisotopic (exact) mass is 351 g/mol. The molecular weight excluding hydrogens is 334 g/mol. The topological polar surface area (TPSA) is 92.6 Å². The molecule has 0 fully saturated rings. The first-order valence-corrected chi connectivity index (χ1v) is 8.55. The lowest BCUT2D eigenvalue weighted by molar-refractivity contribution is -0.385. The highest BCUT2D eigenvalue weighted by atomic mass is 16.6. The molecule has 2 aliphatic heterocycles. The second kappa shape index (κ2) is 6.25. The Morgan fingerprint density at radius 3 is 2.62 bits per heavy atom. The van der Waals surface area contributed by atoms with E-state index in [1.165, 1.54) is 18.2 Å². The van der Waals surface area contributed by atoms with Crippen molar-refractivity contribution in [1.82, 2.24) is 0 Å². The maximum atomic E-state index is 12.6. The van der Waals surface area contributed by atoms with E-state index in [1.807, 2.05) is 17.0 Å². The molecule has 7 nitrogen and oxygen atoms in total. The Kier molecular flexibility index (Phi) is 3.91. The number of nitrogens with one attached hydrogen (secondary N) is 1. The number of para-hydroxylation sites is 1. The average Bonchev–Trinajstić information content (AvgIpc) is 2.64. The number of nitro benzene ring substituents is 1. The predicted molar refractivity (Wildman–Crippen MR) is 96.5 cm³/mol. The number of benzene rings is 2. The zero-order valence-electron chi connectivity index (χ0n) is 14.0. The van der Waals surface area contributed by atoms with Crippen LogP contribution in [0.15, 0.2) is 36.4 Å². The summed E-state index contributed by atoms with van der Waals surface area (Å²) in [6.07, 6.45) is 2.85. The van der Waals surface area contributed by atoms with Gasteiger partial charge in [-0.25, -0.2) is 0 Å². The van der Waals surface area contributed by atoms with Crippen molar-refractivity contribution in [3.05, 3.63) is 63.2 Å². The van der Waals surface area contributed by atoms with Crippen LogP contribution in [0.2, 0.25) is 0 Å². The summed E-state index contributed by atoms with van der Waals surface area (Å²) in [6, 6.07) is 9.63. The number of anilines is 2. The van der Waals surface area contributed by atoms with Crippen molar-refractivity contribution in [2.45, 2.75) is 25.7 Å². The van der Waals surface area contributed by atoms with Crippen molar-refractivity contribution in [3.8, 4) is 0 Å². The van der Waals surface area contributed by atoms with Crippen LogP contribution >= 0.6 is 0 Å². The number of aryl methyl sites for hydroxylation is 2. The van der Waals surface area contributed by atoms with E-state index in [-0.39, 0.29) is 17.2 Å². The van der Waals surface area contributed by atoms with Crippen molar-refractivity contribution in [3.63, 3.8) is 0 Å². The highest BCUT2D eigenvalue weighted by molar-refractivity contribution is 6.07. The average molecular weight is 351 g/mol. The van der Waals surface area contributed by atoms with Gasteiger partial charge in [0.15, 0.2) is 0 Å². The Labute approximate surface area is 149 Å². The van der Waals surface area contributed by atoms with Gasteiger partial charge in [0.05, 0.1) is 10.6 Å². The predicted octanol–water partition coefficient (Wildman–Crippen LogP) is 3.07. The van der Waals surface area contributed by atoms with Crippen molar-refractivity contribution in [2.24, 2.45) is 0 Å². The normalized spacial score (nSPS) is 15.4. The highest BCUT2D eigenvalue weighted by Crippen LogP contribution is 2.38. The third-order valence-electron chi connectivity index (χ3n) is 4.88. The number of nitro groups is 1. The maximum absolute atomic E-state index is 12.6. The van der Waals surface area contributed by atoms with Crippen LogP contribution in [0.5, 0.6) is 0 Å². The lowest BCUT2D eigenvalue weighted by Crippen LogP contribution is -2.39. The van der Waals surface area contributed by atoms with E-state index in [0.29, 0.717) is 18.5 Å². The molecule has 2 amide bonds. The van der Waals surface area contributed by atoms with Crippen LogP contribution in [0.3, 0.4) is 0 Å². The fourth-order valence-electron chi connectivity index (χ4n) is 3.75. The van der Waals surface area contributed by atoms with Crippen molar-refractivity contribution < 1.29 is 14.5 Å². The number of rotatable bonds is 3. The second-order valence-corrected chi connectivity index (χ2v) is 6.52. The zero-order chi connectivity index (χ0) is 18.3. The van der Waals surface area contributed by atoms with Crippen LogP contribution in [-0.2, 0) is 17.6 Å². The molecule has 26 heavy (non-hydrogen) atoms. The van der Waals surface area contributed by atoms with Gasteiger partial charge in [0.2, 0.25) is 5.91 Å². The third-order valence-corrected chi connectivity index (χ3v) is 4.88. The molecule has 132 valence electrons. The lowest BCUT2D eigenvalue weighted by atomic mass is 9.91. The summed E-state index contributed by atoms with van der Waals surface area (Å²) in [6.45, 7) is 0.737. The van der Waals surface area contributed by atoms with E-state index < -0.39 is 10.8 Å². The fourth-order valence-corrected chi connectivity index (χ4v) is 3.75. The molecule has 4 rings (SSSR count). The standard InChI is InChI=1S/C19H17N3O4/c23-17-8-7-13-11-14(10-12-4-3-9-21(17)18(12)13)20-19(24)15-5-1-2-6-16(15)22(25)26/h1-2,5-6,10-11H,3-4,7-9H2,(H,20,24). The van der Waals surface area contributed by atoms with Gasteiger partial charge in [0.25, 0.3) is 11.6 Å². The van der Waals surface area contributed by atoms with Crippen molar-refractivity contribution >= 4 is 28.9 Å². The smallest absolute Gasteiger partial charge is 0.282 e. The molecular formula is C19H17N3O4. The van der Waals surface area contributed by atoms with Crippen LogP contribution in [0.25, 0.3) is 0 Å². The van der Waals surface area contributed by atoms with E-state index in [9.17, 15) is 19.7 Å². The zero-order valence-corrected chi connectivity index (χ0v) is 14.0. The molecule has 0 aliphatic carbocycles. The molecule has 1 N–H and O–H groups in total. The molecule has 0 bridgehead atoms. The SMILES string of the molecule is O=C(Nc1cc2c3c(c1)CCC(=O)N3CCC2)c1ccccc1[N+](=O)[O-]. The first-order chi connectivity index (χ1) is 12.5. The van der Waals surface area contributed by atoms with Gasteiger partial charge >= 0.3 is 0 Å². The number of carbonyl (C=O) groups is 2. The molecule has 0 spiro atoms. The first kappa shape index (κ1) is 16.3. The van der Waals surface area contributed by atoms with Crippen LogP contribution < -0.4 is 10.2 Å². The minimum Gasteiger partial charge on any atom is -0.322 e. The number of amides is 2. The summed E-state index contributed by atoms with van der Waals surface area (Å²) in [5.41, 5.74) is 3.48. The minimum atomic E-state index is -0.560. The van der Waals surface area contributed by atoms with Crippen LogP contribution in [0.1, 0.15) is 34.3 Å². The first-order valence-electron chi connectivity index (χ1n) is 8.55. The van der Waals surface area contributed by atoms with Gasteiger partial charge in [-0.15, -0.1) is 0 Å². The Balaban J connectivity index is 1.67. The largest absolute Gasteiger partial charge is 0.322 e. The number of carbonyl (C=O) groups excluding carboxylic acids is 2. The number of hydrogen-bond donors (Lipinski definition) is 1. The third kappa shape index (κ3) is 2.71. The highest BCUT2D eigenvalue weighted by Gasteiger charge is 2.30. The molecule has 0 saturated heterocycles. The summed E-state index contributed by atoms with van der Waals surface area (Å²) in [7, 11) is 0. The van der Waals surface area contributed by atoms with Gasteiger partial charge < -0.3 is 10.2 Å². The second-order valence-electron chi connectivity index (χ2n) is 6.52. The Morgan fingerprint density at radius 2 is 1.85 bits per heavy atom. The molecule has 0 radical (unpaired) electrons. The molecule has 2 heterocycles. The fraction of sp³-hybridized carbons (Fsp3) is 0.263. The molecule has 0 saturated carbocycles. The van der Waals surface area contributed by atoms with E-state index in [2.05, 4.69) is 5.32 Å². The molecule has 0 unspecified atom stereocenters. The van der Waals surface area contributed by atoms with Gasteiger partial charge in [0.1, 0.15) is 5.56 Å². The Bertz CT molecular complexity index is 921. The number of nitrogens with zero attached hydrogens (tertiary/aromatic N) is 2. The maximum Gasteiger partial charge on any atom is 0.282 e. The van der Waals surface area contributed by atoms with Crippen LogP contribution in [0.4, 0.5) is 17.1 Å². The summed E-state index contributed by atoms with van der Waals surface area (Å²) >= 11 is 0. The van der Waals surface area contributed by atoms with Gasteiger partial charge in [0, 0.05) is 24.7 Å². The molecule has 2 aromatic rings. The lowest BCUT2D eigenvalue weighted by Gasteiger charge is -2.35. The van der Waals surface area contributed by atoms with Crippen molar-refractivity contribution in [1.29, 1.82) is 0 Å². The summed E-state index contributed by atoms with van der Waals surface area (Å²) in [4.78, 5) is 37.1. The summed E-state index contributed by atoms with van der Waals surface area (Å²) < 4.78 is 0. The molecule has 0 aromatic heterocycles. The summed E-state index contributed by atoms with van der Waals surface area (Å²) in [5.74, 6) is -0.362. The molecule has 2 aromatic carbocycles. The molecule has 2 aliphatic rings. The summed E-state index contributed by atoms with van der Waals surface area (Å²) in [5, 5.41) is 13.9. The quantitative estimate of drug-likeness (QED) is 0.679. The van der Waals surface area contributed by atoms with Crippen LogP contribution in [-0.4, -0.2) is 23.3 Å². The van der Waals surface area contributed by atoms with E-state index in [4.69, 9.17) is 0 Å². The van der Waals surface area contributed by atoms with E-state index in [1.54, 1.807) is 6.07 Å². The van der Waals surface area contributed by atoms with E-state index >= 15 is 0 Å².